The van der Waals surface area contributed by atoms with Gasteiger partial charge in [0.15, 0.2) is 0 Å². The van der Waals surface area contributed by atoms with E-state index in [9.17, 15) is 0 Å². The van der Waals surface area contributed by atoms with Crippen LogP contribution in [0.5, 0.6) is 0 Å². The summed E-state index contributed by atoms with van der Waals surface area (Å²) >= 11 is 3.54. The molecular formula is C17H21BrN2. The second-order valence-corrected chi connectivity index (χ2v) is 6.22. The molecule has 0 bridgehead atoms. The number of hydrazine groups is 1. The van der Waals surface area contributed by atoms with E-state index in [1.807, 2.05) is 0 Å². The van der Waals surface area contributed by atoms with E-state index in [0.29, 0.717) is 0 Å². The van der Waals surface area contributed by atoms with Crippen LogP contribution in [-0.2, 0) is 6.42 Å². The predicted molar refractivity (Wildman–Crippen MR) is 88.6 cm³/mol. The van der Waals surface area contributed by atoms with Crippen LogP contribution in [0.15, 0.2) is 40.9 Å². The minimum atomic E-state index is 0.127. The molecule has 0 heterocycles. The highest BCUT2D eigenvalue weighted by molar-refractivity contribution is 9.10. The Balaban J connectivity index is 2.28. The second-order valence-electron chi connectivity index (χ2n) is 5.36. The highest BCUT2D eigenvalue weighted by Gasteiger charge is 2.13. The maximum absolute atomic E-state index is 5.77. The molecule has 0 spiro atoms. The van der Waals surface area contributed by atoms with Crippen molar-refractivity contribution in [3.05, 3.63) is 68.7 Å². The third-order valence-electron chi connectivity index (χ3n) is 3.71. The third-order valence-corrected chi connectivity index (χ3v) is 4.60. The van der Waals surface area contributed by atoms with Gasteiger partial charge in [0.1, 0.15) is 0 Å². The van der Waals surface area contributed by atoms with Gasteiger partial charge in [-0.3, -0.25) is 11.3 Å². The number of hydrogen-bond donors (Lipinski definition) is 2. The zero-order valence-electron chi connectivity index (χ0n) is 12.2. The Hall–Kier alpha value is -1.16. The van der Waals surface area contributed by atoms with Crippen molar-refractivity contribution in [2.24, 2.45) is 5.84 Å². The molecule has 0 fully saturated rings. The lowest BCUT2D eigenvalue weighted by Crippen LogP contribution is -2.29. The summed E-state index contributed by atoms with van der Waals surface area (Å²) in [4.78, 5) is 0. The third kappa shape index (κ3) is 3.48. The van der Waals surface area contributed by atoms with Crippen LogP contribution < -0.4 is 11.3 Å². The van der Waals surface area contributed by atoms with Crippen molar-refractivity contribution in [3.8, 4) is 0 Å². The number of nitrogens with one attached hydrogen (secondary N) is 1. The van der Waals surface area contributed by atoms with Crippen LogP contribution in [-0.4, -0.2) is 0 Å². The molecule has 0 aromatic heterocycles. The predicted octanol–water partition coefficient (Wildman–Crippen LogP) is 4.12. The Bertz CT molecular complexity index is 608. The largest absolute Gasteiger partial charge is 0.271 e. The van der Waals surface area contributed by atoms with E-state index < -0.39 is 0 Å². The summed E-state index contributed by atoms with van der Waals surface area (Å²) in [6.45, 7) is 6.37. The SMILES string of the molecule is Cc1ccc(C)c(CC(NN)c2ccc(Br)c(C)c2)c1. The summed E-state index contributed by atoms with van der Waals surface area (Å²) in [5, 5.41) is 0. The fourth-order valence-corrected chi connectivity index (χ4v) is 2.64. The smallest absolute Gasteiger partial charge is 0.0500 e. The van der Waals surface area contributed by atoms with Gasteiger partial charge in [0.2, 0.25) is 0 Å². The quantitative estimate of drug-likeness (QED) is 0.652. The van der Waals surface area contributed by atoms with Crippen molar-refractivity contribution in [2.45, 2.75) is 33.2 Å². The van der Waals surface area contributed by atoms with Gasteiger partial charge in [0.05, 0.1) is 0 Å². The summed E-state index contributed by atoms with van der Waals surface area (Å²) in [7, 11) is 0. The lowest BCUT2D eigenvalue weighted by atomic mass is 9.94. The first kappa shape index (κ1) is 15.2. The minimum Gasteiger partial charge on any atom is -0.271 e. The Morgan fingerprint density at radius 3 is 2.45 bits per heavy atom. The molecule has 2 rings (SSSR count). The average molecular weight is 333 g/mol. The number of hydrogen-bond acceptors (Lipinski definition) is 2. The van der Waals surface area contributed by atoms with Gasteiger partial charge in [0, 0.05) is 10.5 Å². The fourth-order valence-electron chi connectivity index (χ4n) is 2.40. The van der Waals surface area contributed by atoms with Crippen LogP contribution in [0.1, 0.15) is 33.9 Å². The standard InChI is InChI=1S/C17H21BrN2/c1-11-4-5-12(2)15(8-11)10-17(20-19)14-6-7-16(18)13(3)9-14/h4-9,17,20H,10,19H2,1-3H3. The average Bonchev–Trinajstić information content (AvgIpc) is 2.43. The molecule has 3 N–H and O–H groups in total. The molecule has 0 radical (unpaired) electrons. The van der Waals surface area contributed by atoms with Crippen LogP contribution in [0.2, 0.25) is 0 Å². The molecule has 0 aliphatic heterocycles. The summed E-state index contributed by atoms with van der Waals surface area (Å²) < 4.78 is 1.13. The van der Waals surface area contributed by atoms with Gasteiger partial charge in [-0.1, -0.05) is 51.8 Å². The zero-order valence-corrected chi connectivity index (χ0v) is 13.8. The molecule has 2 nitrogen and oxygen atoms in total. The molecule has 2 aromatic carbocycles. The lowest BCUT2D eigenvalue weighted by Gasteiger charge is -2.19. The van der Waals surface area contributed by atoms with E-state index in [2.05, 4.69) is 78.5 Å². The van der Waals surface area contributed by atoms with Crippen LogP contribution in [0.25, 0.3) is 0 Å². The van der Waals surface area contributed by atoms with Crippen molar-refractivity contribution in [1.29, 1.82) is 0 Å². The monoisotopic (exact) mass is 332 g/mol. The zero-order chi connectivity index (χ0) is 14.7. The van der Waals surface area contributed by atoms with E-state index >= 15 is 0 Å². The minimum absolute atomic E-state index is 0.127. The molecule has 0 aliphatic carbocycles. The second kappa shape index (κ2) is 6.53. The van der Waals surface area contributed by atoms with Crippen molar-refractivity contribution < 1.29 is 0 Å². The maximum atomic E-state index is 5.77. The van der Waals surface area contributed by atoms with Gasteiger partial charge in [-0.15, -0.1) is 0 Å². The molecule has 0 aliphatic rings. The van der Waals surface area contributed by atoms with Crippen molar-refractivity contribution in [2.75, 3.05) is 0 Å². The van der Waals surface area contributed by atoms with Crippen LogP contribution in [0, 0.1) is 20.8 Å². The van der Waals surface area contributed by atoms with Gasteiger partial charge in [-0.05, 0) is 55.5 Å². The first-order chi connectivity index (χ1) is 9.51. The van der Waals surface area contributed by atoms with Gasteiger partial charge in [-0.25, -0.2) is 0 Å². The summed E-state index contributed by atoms with van der Waals surface area (Å²) in [5.41, 5.74) is 9.32. The van der Waals surface area contributed by atoms with Crippen LogP contribution >= 0.6 is 15.9 Å². The Morgan fingerprint density at radius 2 is 1.80 bits per heavy atom. The highest BCUT2D eigenvalue weighted by atomic mass is 79.9. The molecule has 2 aromatic rings. The molecule has 3 heteroatoms. The van der Waals surface area contributed by atoms with E-state index in [4.69, 9.17) is 5.84 Å². The first-order valence-electron chi connectivity index (χ1n) is 6.79. The number of aryl methyl sites for hydroxylation is 3. The van der Waals surface area contributed by atoms with Crippen LogP contribution in [0.4, 0.5) is 0 Å². The molecule has 0 amide bonds. The summed E-state index contributed by atoms with van der Waals surface area (Å²) in [6, 6.07) is 13.1. The Kier molecular flexibility index (Phi) is 4.97. The fraction of sp³-hybridized carbons (Fsp3) is 0.294. The number of nitrogens with two attached hydrogens (primary N) is 1. The van der Waals surface area contributed by atoms with Gasteiger partial charge < -0.3 is 0 Å². The molecular weight excluding hydrogens is 312 g/mol. The summed E-state index contributed by atoms with van der Waals surface area (Å²) in [5.74, 6) is 5.77. The molecule has 0 saturated heterocycles. The number of rotatable bonds is 4. The lowest BCUT2D eigenvalue weighted by molar-refractivity contribution is 0.550. The normalized spacial score (nSPS) is 12.4. The Labute approximate surface area is 129 Å². The molecule has 1 atom stereocenters. The van der Waals surface area contributed by atoms with E-state index in [1.54, 1.807) is 0 Å². The maximum Gasteiger partial charge on any atom is 0.0500 e. The first-order valence-corrected chi connectivity index (χ1v) is 7.59. The van der Waals surface area contributed by atoms with E-state index in [0.717, 1.165) is 10.9 Å². The van der Waals surface area contributed by atoms with Crippen molar-refractivity contribution in [3.63, 3.8) is 0 Å². The molecule has 20 heavy (non-hydrogen) atoms. The van der Waals surface area contributed by atoms with Gasteiger partial charge >= 0.3 is 0 Å². The molecule has 0 saturated carbocycles. The number of halogens is 1. The number of benzene rings is 2. The van der Waals surface area contributed by atoms with Gasteiger partial charge in [0.25, 0.3) is 0 Å². The van der Waals surface area contributed by atoms with E-state index in [-0.39, 0.29) is 6.04 Å². The highest BCUT2D eigenvalue weighted by Crippen LogP contribution is 2.24. The topological polar surface area (TPSA) is 38.0 Å². The van der Waals surface area contributed by atoms with Crippen LogP contribution in [0.3, 0.4) is 0 Å². The Morgan fingerprint density at radius 1 is 1.05 bits per heavy atom. The molecule has 106 valence electrons. The van der Waals surface area contributed by atoms with Crippen molar-refractivity contribution >= 4 is 15.9 Å². The van der Waals surface area contributed by atoms with E-state index in [1.165, 1.54) is 27.8 Å². The van der Waals surface area contributed by atoms with Crippen molar-refractivity contribution in [1.82, 2.24) is 5.43 Å². The van der Waals surface area contributed by atoms with Gasteiger partial charge in [-0.2, -0.15) is 0 Å². The molecule has 1 unspecified atom stereocenters. The summed E-state index contributed by atoms with van der Waals surface area (Å²) in [6.07, 6.45) is 0.894.